The van der Waals surface area contributed by atoms with Crippen molar-refractivity contribution in [3.8, 4) is 6.07 Å². The van der Waals surface area contributed by atoms with Crippen LogP contribution in [0.2, 0.25) is 0 Å². The van der Waals surface area contributed by atoms with Crippen molar-refractivity contribution in [2.75, 3.05) is 18.0 Å². The first-order chi connectivity index (χ1) is 8.52. The molecule has 0 bridgehead atoms. The van der Waals surface area contributed by atoms with E-state index < -0.39 is 5.82 Å². The van der Waals surface area contributed by atoms with Crippen molar-refractivity contribution < 1.29 is 4.39 Å². The van der Waals surface area contributed by atoms with Crippen LogP contribution in [0.15, 0.2) is 18.2 Å². The van der Waals surface area contributed by atoms with Gasteiger partial charge in [0.25, 0.3) is 0 Å². The summed E-state index contributed by atoms with van der Waals surface area (Å²) < 4.78 is 13.6. The molecule has 1 aliphatic heterocycles. The Kier molecular flexibility index (Phi) is 3.56. The Labute approximate surface area is 108 Å². The second-order valence-corrected chi connectivity index (χ2v) is 5.57. The van der Waals surface area contributed by atoms with Crippen molar-refractivity contribution in [1.29, 1.82) is 5.26 Å². The van der Waals surface area contributed by atoms with Crippen molar-refractivity contribution in [3.05, 3.63) is 29.6 Å². The molecule has 2 unspecified atom stereocenters. The maximum absolute atomic E-state index is 13.6. The van der Waals surface area contributed by atoms with Crippen molar-refractivity contribution >= 4 is 5.69 Å². The highest BCUT2D eigenvalue weighted by Gasteiger charge is 2.31. The summed E-state index contributed by atoms with van der Waals surface area (Å²) in [6, 6.07) is 6.75. The molecule has 18 heavy (non-hydrogen) atoms. The van der Waals surface area contributed by atoms with E-state index in [1.807, 2.05) is 12.1 Å². The molecule has 1 saturated heterocycles. The third kappa shape index (κ3) is 2.33. The van der Waals surface area contributed by atoms with Gasteiger partial charge in [0.2, 0.25) is 0 Å². The van der Waals surface area contributed by atoms with E-state index in [4.69, 9.17) is 5.26 Å². The molecule has 0 aromatic heterocycles. The third-order valence-electron chi connectivity index (χ3n) is 3.97. The molecule has 2 rings (SSSR count). The van der Waals surface area contributed by atoms with Gasteiger partial charge in [0.15, 0.2) is 0 Å². The lowest BCUT2D eigenvalue weighted by Crippen LogP contribution is -2.21. The third-order valence-corrected chi connectivity index (χ3v) is 3.97. The predicted octanol–water partition coefficient (Wildman–Crippen LogP) is 3.43. The number of nitriles is 1. The summed E-state index contributed by atoms with van der Waals surface area (Å²) in [5, 5.41) is 8.73. The summed E-state index contributed by atoms with van der Waals surface area (Å²) in [7, 11) is 0. The molecule has 1 aromatic carbocycles. The monoisotopic (exact) mass is 246 g/mol. The predicted molar refractivity (Wildman–Crippen MR) is 70.8 cm³/mol. The SMILES string of the molecule is CC(C)C1CN(c2ccc(C#N)c(F)c2)CC1C. The Balaban J connectivity index is 2.19. The summed E-state index contributed by atoms with van der Waals surface area (Å²) in [5.74, 6) is 1.51. The number of halogens is 1. The summed E-state index contributed by atoms with van der Waals surface area (Å²) in [4.78, 5) is 2.22. The number of nitrogens with zero attached hydrogens (tertiary/aromatic N) is 2. The average molecular weight is 246 g/mol. The van der Waals surface area contributed by atoms with Gasteiger partial charge in [-0.25, -0.2) is 4.39 Å². The number of benzene rings is 1. The van der Waals surface area contributed by atoms with E-state index in [9.17, 15) is 4.39 Å². The van der Waals surface area contributed by atoms with Crippen molar-refractivity contribution in [1.82, 2.24) is 0 Å². The van der Waals surface area contributed by atoms with Crippen LogP contribution in [-0.4, -0.2) is 13.1 Å². The van der Waals surface area contributed by atoms with Gasteiger partial charge in [0.1, 0.15) is 11.9 Å². The highest BCUT2D eigenvalue weighted by molar-refractivity contribution is 5.51. The number of hydrogen-bond acceptors (Lipinski definition) is 2. The second kappa shape index (κ2) is 4.97. The van der Waals surface area contributed by atoms with E-state index >= 15 is 0 Å². The molecule has 0 N–H and O–H groups in total. The van der Waals surface area contributed by atoms with Crippen molar-refractivity contribution in [2.45, 2.75) is 20.8 Å². The molecule has 0 aliphatic carbocycles. The van der Waals surface area contributed by atoms with Crippen LogP contribution in [0.1, 0.15) is 26.3 Å². The molecule has 3 heteroatoms. The van der Waals surface area contributed by atoms with E-state index in [1.54, 1.807) is 6.07 Å². The van der Waals surface area contributed by atoms with Gasteiger partial charge in [-0.2, -0.15) is 5.26 Å². The zero-order valence-electron chi connectivity index (χ0n) is 11.2. The smallest absolute Gasteiger partial charge is 0.143 e. The van der Waals surface area contributed by atoms with Gasteiger partial charge in [0.05, 0.1) is 5.56 Å². The summed E-state index contributed by atoms with van der Waals surface area (Å²) in [6.07, 6.45) is 0. The Morgan fingerprint density at radius 1 is 1.39 bits per heavy atom. The van der Waals surface area contributed by atoms with Crippen molar-refractivity contribution in [2.24, 2.45) is 17.8 Å². The van der Waals surface area contributed by atoms with Gasteiger partial charge in [-0.05, 0) is 36.0 Å². The minimum absolute atomic E-state index is 0.117. The molecule has 0 spiro atoms. The van der Waals surface area contributed by atoms with Gasteiger partial charge in [-0.15, -0.1) is 0 Å². The summed E-state index contributed by atoms with van der Waals surface area (Å²) in [6.45, 7) is 8.68. The molecule has 0 radical (unpaired) electrons. The molecule has 1 aromatic rings. The molecule has 2 nitrogen and oxygen atoms in total. The Morgan fingerprint density at radius 3 is 2.61 bits per heavy atom. The molecule has 96 valence electrons. The molecule has 0 amide bonds. The van der Waals surface area contributed by atoms with Gasteiger partial charge < -0.3 is 4.90 Å². The Bertz CT molecular complexity index is 476. The van der Waals surface area contributed by atoms with Gasteiger partial charge in [-0.1, -0.05) is 20.8 Å². The fraction of sp³-hybridized carbons (Fsp3) is 0.533. The standard InChI is InChI=1S/C15H19FN2/c1-10(2)14-9-18(8-11(14)3)13-5-4-12(7-17)15(16)6-13/h4-6,10-11,14H,8-9H2,1-3H3. The van der Waals surface area contributed by atoms with E-state index in [0.29, 0.717) is 17.8 Å². The van der Waals surface area contributed by atoms with E-state index in [2.05, 4.69) is 25.7 Å². The molecular formula is C15H19FN2. The second-order valence-electron chi connectivity index (χ2n) is 5.57. The number of hydrogen-bond donors (Lipinski definition) is 0. The maximum Gasteiger partial charge on any atom is 0.143 e. The van der Waals surface area contributed by atoms with E-state index in [-0.39, 0.29) is 5.56 Å². The quantitative estimate of drug-likeness (QED) is 0.799. The molecule has 1 fully saturated rings. The van der Waals surface area contributed by atoms with Crippen LogP contribution in [0.4, 0.5) is 10.1 Å². The normalized spacial score (nSPS) is 23.4. The van der Waals surface area contributed by atoms with Gasteiger partial charge in [-0.3, -0.25) is 0 Å². The van der Waals surface area contributed by atoms with Crippen LogP contribution in [0.25, 0.3) is 0 Å². The van der Waals surface area contributed by atoms with Gasteiger partial charge in [0, 0.05) is 18.8 Å². The van der Waals surface area contributed by atoms with Crippen LogP contribution in [0.5, 0.6) is 0 Å². The summed E-state index contributed by atoms with van der Waals surface area (Å²) in [5.41, 5.74) is 1.01. The Morgan fingerprint density at radius 2 is 2.11 bits per heavy atom. The van der Waals surface area contributed by atoms with Crippen LogP contribution >= 0.6 is 0 Å². The lowest BCUT2D eigenvalue weighted by Gasteiger charge is -2.20. The minimum Gasteiger partial charge on any atom is -0.371 e. The molecular weight excluding hydrogens is 227 g/mol. The number of rotatable bonds is 2. The first kappa shape index (κ1) is 12.9. The first-order valence-electron chi connectivity index (χ1n) is 6.47. The molecule has 1 heterocycles. The van der Waals surface area contributed by atoms with Crippen LogP contribution in [0.3, 0.4) is 0 Å². The lowest BCUT2D eigenvalue weighted by molar-refractivity contribution is 0.340. The first-order valence-corrected chi connectivity index (χ1v) is 6.47. The largest absolute Gasteiger partial charge is 0.371 e. The summed E-state index contributed by atoms with van der Waals surface area (Å²) >= 11 is 0. The zero-order valence-corrected chi connectivity index (χ0v) is 11.2. The fourth-order valence-corrected chi connectivity index (χ4v) is 2.86. The zero-order chi connectivity index (χ0) is 13.3. The van der Waals surface area contributed by atoms with Crippen LogP contribution < -0.4 is 4.90 Å². The fourth-order valence-electron chi connectivity index (χ4n) is 2.86. The highest BCUT2D eigenvalue weighted by Crippen LogP contribution is 2.32. The maximum atomic E-state index is 13.6. The topological polar surface area (TPSA) is 27.0 Å². The minimum atomic E-state index is -0.421. The lowest BCUT2D eigenvalue weighted by atomic mass is 9.88. The average Bonchev–Trinajstić information content (AvgIpc) is 2.71. The van der Waals surface area contributed by atoms with E-state index in [0.717, 1.165) is 18.8 Å². The van der Waals surface area contributed by atoms with Crippen LogP contribution in [-0.2, 0) is 0 Å². The molecule has 0 saturated carbocycles. The number of anilines is 1. The van der Waals surface area contributed by atoms with Gasteiger partial charge >= 0.3 is 0 Å². The highest BCUT2D eigenvalue weighted by atomic mass is 19.1. The molecule has 2 atom stereocenters. The van der Waals surface area contributed by atoms with E-state index in [1.165, 1.54) is 6.07 Å². The molecule has 1 aliphatic rings. The van der Waals surface area contributed by atoms with Crippen LogP contribution in [0, 0.1) is 34.9 Å². The Hall–Kier alpha value is -1.56. The van der Waals surface area contributed by atoms with Crippen molar-refractivity contribution in [3.63, 3.8) is 0 Å².